The van der Waals surface area contributed by atoms with Gasteiger partial charge in [-0.05, 0) is 43.4 Å². The van der Waals surface area contributed by atoms with Gasteiger partial charge in [0.1, 0.15) is 0 Å². The minimum Gasteiger partial charge on any atom is -0.369 e. The van der Waals surface area contributed by atoms with Crippen molar-refractivity contribution in [3.8, 4) is 0 Å². The summed E-state index contributed by atoms with van der Waals surface area (Å²) >= 11 is 6.23. The minimum atomic E-state index is 0.510. The second-order valence-electron chi connectivity index (χ2n) is 4.73. The highest BCUT2D eigenvalue weighted by atomic mass is 35.5. The van der Waals surface area contributed by atoms with Crippen LogP contribution in [0, 0.1) is 0 Å². The number of benzene rings is 1. The molecule has 1 fully saturated rings. The van der Waals surface area contributed by atoms with Crippen molar-refractivity contribution < 1.29 is 0 Å². The SMILES string of the molecule is CCC1CCCCN1c1ccc(CN)c(Cl)c1. The van der Waals surface area contributed by atoms with Gasteiger partial charge in [-0.25, -0.2) is 0 Å². The fourth-order valence-electron chi connectivity index (χ4n) is 2.65. The van der Waals surface area contributed by atoms with Gasteiger partial charge in [-0.15, -0.1) is 0 Å². The maximum absolute atomic E-state index is 6.23. The van der Waals surface area contributed by atoms with Crippen LogP contribution in [0.3, 0.4) is 0 Å². The highest BCUT2D eigenvalue weighted by molar-refractivity contribution is 6.31. The van der Waals surface area contributed by atoms with Gasteiger partial charge >= 0.3 is 0 Å². The molecular weight excluding hydrogens is 232 g/mol. The van der Waals surface area contributed by atoms with E-state index in [1.165, 1.54) is 31.4 Å². The summed E-state index contributed by atoms with van der Waals surface area (Å²) in [5.74, 6) is 0. The van der Waals surface area contributed by atoms with E-state index in [0.717, 1.165) is 17.1 Å². The number of rotatable bonds is 3. The Hall–Kier alpha value is -0.730. The molecule has 1 atom stereocenters. The quantitative estimate of drug-likeness (QED) is 0.891. The number of nitrogens with two attached hydrogens (primary N) is 1. The van der Waals surface area contributed by atoms with Crippen molar-refractivity contribution in [2.24, 2.45) is 5.73 Å². The minimum absolute atomic E-state index is 0.510. The zero-order valence-electron chi connectivity index (χ0n) is 10.5. The zero-order chi connectivity index (χ0) is 12.3. The van der Waals surface area contributed by atoms with Crippen molar-refractivity contribution in [1.29, 1.82) is 0 Å². The van der Waals surface area contributed by atoms with Gasteiger partial charge in [-0.2, -0.15) is 0 Å². The predicted molar refractivity (Wildman–Crippen MR) is 74.6 cm³/mol. The Morgan fingerprint density at radius 3 is 2.88 bits per heavy atom. The summed E-state index contributed by atoms with van der Waals surface area (Å²) in [6, 6.07) is 6.95. The van der Waals surface area contributed by atoms with Crippen LogP contribution in [0.2, 0.25) is 5.02 Å². The topological polar surface area (TPSA) is 29.3 Å². The Labute approximate surface area is 109 Å². The summed E-state index contributed by atoms with van der Waals surface area (Å²) in [7, 11) is 0. The second-order valence-corrected chi connectivity index (χ2v) is 5.14. The van der Waals surface area contributed by atoms with Gasteiger partial charge in [-0.1, -0.05) is 24.6 Å². The molecule has 1 unspecified atom stereocenters. The number of hydrogen-bond acceptors (Lipinski definition) is 2. The third-order valence-corrected chi connectivity index (χ3v) is 4.04. The first kappa shape index (κ1) is 12.7. The van der Waals surface area contributed by atoms with Gasteiger partial charge < -0.3 is 10.6 Å². The zero-order valence-corrected chi connectivity index (χ0v) is 11.2. The number of hydrogen-bond donors (Lipinski definition) is 1. The van der Waals surface area contributed by atoms with Crippen molar-refractivity contribution in [2.45, 2.75) is 45.2 Å². The number of anilines is 1. The second kappa shape index (κ2) is 5.74. The molecule has 1 heterocycles. The fourth-order valence-corrected chi connectivity index (χ4v) is 2.90. The third-order valence-electron chi connectivity index (χ3n) is 3.69. The fraction of sp³-hybridized carbons (Fsp3) is 0.571. The number of halogens is 1. The molecule has 2 rings (SSSR count). The summed E-state index contributed by atoms with van der Waals surface area (Å²) in [5, 5.41) is 0.797. The molecule has 0 aromatic heterocycles. The first-order valence-corrected chi connectivity index (χ1v) is 6.89. The average Bonchev–Trinajstić information content (AvgIpc) is 2.38. The van der Waals surface area contributed by atoms with E-state index in [1.54, 1.807) is 0 Å². The summed E-state index contributed by atoms with van der Waals surface area (Å²) in [6.07, 6.45) is 5.14. The molecular formula is C14H21ClN2. The van der Waals surface area contributed by atoms with Crippen LogP contribution in [0.15, 0.2) is 18.2 Å². The first-order chi connectivity index (χ1) is 8.26. The highest BCUT2D eigenvalue weighted by Gasteiger charge is 2.21. The van der Waals surface area contributed by atoms with Gasteiger partial charge in [0.25, 0.3) is 0 Å². The van der Waals surface area contributed by atoms with E-state index < -0.39 is 0 Å². The van der Waals surface area contributed by atoms with Gasteiger partial charge in [0.05, 0.1) is 0 Å². The Morgan fingerprint density at radius 1 is 1.41 bits per heavy atom. The third kappa shape index (κ3) is 2.75. The van der Waals surface area contributed by atoms with Crippen LogP contribution < -0.4 is 10.6 Å². The van der Waals surface area contributed by atoms with Crippen molar-refractivity contribution >= 4 is 17.3 Å². The van der Waals surface area contributed by atoms with Gasteiger partial charge in [0.15, 0.2) is 0 Å². The molecule has 0 saturated carbocycles. The Balaban J connectivity index is 2.23. The molecule has 0 bridgehead atoms. The van der Waals surface area contributed by atoms with Crippen LogP contribution in [0.1, 0.15) is 38.2 Å². The van der Waals surface area contributed by atoms with Gasteiger partial charge in [0, 0.05) is 29.8 Å². The predicted octanol–water partition coefficient (Wildman–Crippen LogP) is 3.57. The lowest BCUT2D eigenvalue weighted by Crippen LogP contribution is -2.39. The Kier molecular flexibility index (Phi) is 4.30. The van der Waals surface area contributed by atoms with Crippen LogP contribution in [0.4, 0.5) is 5.69 Å². The lowest BCUT2D eigenvalue weighted by molar-refractivity contribution is 0.450. The molecule has 1 aromatic carbocycles. The molecule has 1 saturated heterocycles. The highest BCUT2D eigenvalue weighted by Crippen LogP contribution is 2.29. The smallest absolute Gasteiger partial charge is 0.0471 e. The lowest BCUT2D eigenvalue weighted by atomic mass is 9.99. The molecule has 0 amide bonds. The largest absolute Gasteiger partial charge is 0.369 e. The number of piperidine rings is 1. The van der Waals surface area contributed by atoms with Crippen LogP contribution in [0.25, 0.3) is 0 Å². The molecule has 1 aromatic rings. The molecule has 1 aliphatic heterocycles. The molecule has 0 aliphatic carbocycles. The van der Waals surface area contributed by atoms with E-state index in [2.05, 4.69) is 30.0 Å². The molecule has 17 heavy (non-hydrogen) atoms. The van der Waals surface area contributed by atoms with E-state index >= 15 is 0 Å². The summed E-state index contributed by atoms with van der Waals surface area (Å²) < 4.78 is 0. The molecule has 2 N–H and O–H groups in total. The van der Waals surface area contributed by atoms with Crippen LogP contribution >= 0.6 is 11.6 Å². The number of nitrogens with zero attached hydrogens (tertiary/aromatic N) is 1. The van der Waals surface area contributed by atoms with Crippen molar-refractivity contribution in [1.82, 2.24) is 0 Å². The van der Waals surface area contributed by atoms with Gasteiger partial charge in [-0.3, -0.25) is 0 Å². The molecule has 3 heteroatoms. The molecule has 94 valence electrons. The molecule has 2 nitrogen and oxygen atoms in total. The maximum Gasteiger partial charge on any atom is 0.0471 e. The van der Waals surface area contributed by atoms with Crippen molar-refractivity contribution in [3.05, 3.63) is 28.8 Å². The first-order valence-electron chi connectivity index (χ1n) is 6.51. The lowest BCUT2D eigenvalue weighted by Gasteiger charge is -2.37. The normalized spacial score (nSPS) is 20.6. The van der Waals surface area contributed by atoms with E-state index in [9.17, 15) is 0 Å². The van der Waals surface area contributed by atoms with E-state index in [4.69, 9.17) is 17.3 Å². The summed E-state index contributed by atoms with van der Waals surface area (Å²) in [6.45, 7) is 3.92. The van der Waals surface area contributed by atoms with E-state index in [-0.39, 0.29) is 0 Å². The standard InChI is InChI=1S/C14H21ClN2/c1-2-12-5-3-4-8-17(12)13-7-6-11(10-16)14(15)9-13/h6-7,9,12H,2-5,8,10,16H2,1H3. The van der Waals surface area contributed by atoms with E-state index in [0.29, 0.717) is 12.6 Å². The van der Waals surface area contributed by atoms with Crippen LogP contribution in [-0.2, 0) is 6.54 Å². The van der Waals surface area contributed by atoms with Crippen molar-refractivity contribution in [2.75, 3.05) is 11.4 Å². The Morgan fingerprint density at radius 2 is 2.24 bits per heavy atom. The van der Waals surface area contributed by atoms with Gasteiger partial charge in [0.2, 0.25) is 0 Å². The molecule has 0 spiro atoms. The average molecular weight is 253 g/mol. The Bertz CT molecular complexity index is 378. The van der Waals surface area contributed by atoms with Crippen molar-refractivity contribution in [3.63, 3.8) is 0 Å². The molecule has 0 radical (unpaired) electrons. The summed E-state index contributed by atoms with van der Waals surface area (Å²) in [4.78, 5) is 2.50. The summed E-state index contributed by atoms with van der Waals surface area (Å²) in [5.41, 5.74) is 7.91. The van der Waals surface area contributed by atoms with Crippen LogP contribution in [-0.4, -0.2) is 12.6 Å². The monoisotopic (exact) mass is 252 g/mol. The van der Waals surface area contributed by atoms with Crippen LogP contribution in [0.5, 0.6) is 0 Å². The molecule has 1 aliphatic rings. The maximum atomic E-state index is 6.23. The van der Waals surface area contributed by atoms with E-state index in [1.807, 2.05) is 0 Å².